The van der Waals surface area contributed by atoms with Gasteiger partial charge in [0.2, 0.25) is 0 Å². The third kappa shape index (κ3) is 2.81. The van der Waals surface area contributed by atoms with Crippen molar-refractivity contribution < 1.29 is 4.79 Å². The maximum atomic E-state index is 12.6. The van der Waals surface area contributed by atoms with Crippen LogP contribution in [0.5, 0.6) is 0 Å². The number of hydrogen-bond donors (Lipinski definition) is 0. The van der Waals surface area contributed by atoms with Gasteiger partial charge in [-0.25, -0.2) is 19.9 Å². The molecule has 3 rings (SSSR count). The molecule has 1 atom stereocenters. The van der Waals surface area contributed by atoms with Gasteiger partial charge < -0.3 is 4.90 Å². The highest BCUT2D eigenvalue weighted by atomic mass is 16.2. The number of nitrogens with zero attached hydrogens (tertiary/aromatic N) is 5. The molecule has 0 aromatic carbocycles. The van der Waals surface area contributed by atoms with Gasteiger partial charge in [-0.2, -0.15) is 0 Å². The summed E-state index contributed by atoms with van der Waals surface area (Å²) in [4.78, 5) is 31.5. The fourth-order valence-electron chi connectivity index (χ4n) is 2.86. The third-order valence-corrected chi connectivity index (χ3v) is 3.98. The predicted molar refractivity (Wildman–Crippen MR) is 81.5 cm³/mol. The maximum Gasteiger partial charge on any atom is 0.257 e. The molecule has 1 amide bonds. The molecule has 0 aliphatic carbocycles. The standard InChI is InChI=1S/C16H19N5O/c1-10-6-11(2)20-15(19-10)13-4-5-21(8-13)16(22)14-7-17-9-18-12(14)3/h6-7,9,13H,4-5,8H2,1-3H3/t13-/m1/s1. The first kappa shape index (κ1) is 14.6. The molecular weight excluding hydrogens is 278 g/mol. The van der Waals surface area contributed by atoms with Crippen LogP contribution in [0.15, 0.2) is 18.6 Å². The van der Waals surface area contributed by atoms with Crippen molar-refractivity contribution in [2.45, 2.75) is 33.1 Å². The van der Waals surface area contributed by atoms with Gasteiger partial charge in [-0.1, -0.05) is 0 Å². The molecule has 3 heterocycles. The van der Waals surface area contributed by atoms with Gasteiger partial charge >= 0.3 is 0 Å². The molecule has 0 bridgehead atoms. The lowest BCUT2D eigenvalue weighted by molar-refractivity contribution is 0.0789. The number of carbonyl (C=O) groups is 1. The number of hydrogen-bond acceptors (Lipinski definition) is 5. The van der Waals surface area contributed by atoms with Gasteiger partial charge in [-0.3, -0.25) is 4.79 Å². The number of carbonyl (C=O) groups excluding carboxylic acids is 1. The summed E-state index contributed by atoms with van der Waals surface area (Å²) in [6.07, 6.45) is 3.94. The van der Waals surface area contributed by atoms with E-state index in [9.17, 15) is 4.79 Å². The van der Waals surface area contributed by atoms with E-state index < -0.39 is 0 Å². The summed E-state index contributed by atoms with van der Waals surface area (Å²) in [5, 5.41) is 0. The predicted octanol–water partition coefficient (Wildman–Crippen LogP) is 1.82. The Morgan fingerprint density at radius 1 is 1.23 bits per heavy atom. The molecule has 0 radical (unpaired) electrons. The third-order valence-electron chi connectivity index (χ3n) is 3.98. The SMILES string of the molecule is Cc1cc(C)nc([C@@H]2CCN(C(=O)c3cncnc3C)C2)n1. The molecule has 0 unspecified atom stereocenters. The Morgan fingerprint density at radius 3 is 2.64 bits per heavy atom. The Balaban J connectivity index is 1.77. The van der Waals surface area contributed by atoms with Crippen LogP contribution in [0.2, 0.25) is 0 Å². The summed E-state index contributed by atoms with van der Waals surface area (Å²) in [5.41, 5.74) is 3.23. The van der Waals surface area contributed by atoms with Crippen LogP contribution in [-0.2, 0) is 0 Å². The van der Waals surface area contributed by atoms with Crippen LogP contribution >= 0.6 is 0 Å². The normalized spacial score (nSPS) is 17.8. The van der Waals surface area contributed by atoms with E-state index >= 15 is 0 Å². The van der Waals surface area contributed by atoms with Gasteiger partial charge in [0.15, 0.2) is 0 Å². The fourth-order valence-corrected chi connectivity index (χ4v) is 2.86. The molecule has 6 heteroatoms. The van der Waals surface area contributed by atoms with Gasteiger partial charge in [-0.05, 0) is 33.3 Å². The van der Waals surface area contributed by atoms with E-state index in [-0.39, 0.29) is 11.8 Å². The Bertz CT molecular complexity index is 695. The van der Waals surface area contributed by atoms with Crippen LogP contribution in [-0.4, -0.2) is 43.8 Å². The molecule has 2 aromatic heterocycles. The van der Waals surface area contributed by atoms with Crippen LogP contribution in [0.25, 0.3) is 0 Å². The van der Waals surface area contributed by atoms with Crippen molar-refractivity contribution in [2.75, 3.05) is 13.1 Å². The van der Waals surface area contributed by atoms with E-state index in [4.69, 9.17) is 0 Å². The Hall–Kier alpha value is -2.37. The van der Waals surface area contributed by atoms with E-state index in [1.54, 1.807) is 6.20 Å². The number of likely N-dealkylation sites (tertiary alicyclic amines) is 1. The number of amides is 1. The van der Waals surface area contributed by atoms with Gasteiger partial charge in [0.1, 0.15) is 12.2 Å². The first-order valence-corrected chi connectivity index (χ1v) is 7.42. The first-order valence-electron chi connectivity index (χ1n) is 7.42. The van der Waals surface area contributed by atoms with Crippen LogP contribution in [0, 0.1) is 20.8 Å². The molecule has 2 aromatic rings. The summed E-state index contributed by atoms with van der Waals surface area (Å²) < 4.78 is 0. The van der Waals surface area contributed by atoms with E-state index in [1.807, 2.05) is 31.7 Å². The topological polar surface area (TPSA) is 71.9 Å². The zero-order valence-corrected chi connectivity index (χ0v) is 13.1. The minimum atomic E-state index is -0.00928. The summed E-state index contributed by atoms with van der Waals surface area (Å²) in [6, 6.07) is 1.96. The minimum absolute atomic E-state index is 0.00928. The molecule has 22 heavy (non-hydrogen) atoms. The Labute approximate surface area is 129 Å². The Kier molecular flexibility index (Phi) is 3.83. The van der Waals surface area contributed by atoms with E-state index in [0.29, 0.717) is 24.3 Å². The average Bonchev–Trinajstić information content (AvgIpc) is 2.96. The molecule has 1 fully saturated rings. The molecule has 0 spiro atoms. The van der Waals surface area contributed by atoms with Gasteiger partial charge in [0, 0.05) is 36.6 Å². The van der Waals surface area contributed by atoms with Crippen molar-refractivity contribution in [2.24, 2.45) is 0 Å². The molecule has 114 valence electrons. The molecule has 6 nitrogen and oxygen atoms in total. The van der Waals surface area contributed by atoms with Crippen molar-refractivity contribution in [1.82, 2.24) is 24.8 Å². The Morgan fingerprint density at radius 2 is 1.95 bits per heavy atom. The van der Waals surface area contributed by atoms with Crippen molar-refractivity contribution in [3.8, 4) is 0 Å². The average molecular weight is 297 g/mol. The summed E-state index contributed by atoms with van der Waals surface area (Å²) in [7, 11) is 0. The largest absolute Gasteiger partial charge is 0.338 e. The second-order valence-corrected chi connectivity index (χ2v) is 5.77. The van der Waals surface area contributed by atoms with Crippen molar-refractivity contribution in [3.05, 3.63) is 47.1 Å². The lowest BCUT2D eigenvalue weighted by atomic mass is 10.1. The molecule has 0 saturated carbocycles. The van der Waals surface area contributed by atoms with E-state index in [1.165, 1.54) is 6.33 Å². The summed E-state index contributed by atoms with van der Waals surface area (Å²) in [5.74, 6) is 1.03. The summed E-state index contributed by atoms with van der Waals surface area (Å²) in [6.45, 7) is 7.14. The second kappa shape index (κ2) is 5.79. The van der Waals surface area contributed by atoms with Crippen molar-refractivity contribution in [1.29, 1.82) is 0 Å². The number of rotatable bonds is 2. The first-order chi connectivity index (χ1) is 10.5. The number of aryl methyl sites for hydroxylation is 3. The zero-order chi connectivity index (χ0) is 15.7. The molecule has 1 aliphatic rings. The van der Waals surface area contributed by atoms with Crippen LogP contribution in [0.4, 0.5) is 0 Å². The molecular formula is C16H19N5O. The van der Waals surface area contributed by atoms with E-state index in [2.05, 4.69) is 19.9 Å². The molecule has 1 saturated heterocycles. The smallest absolute Gasteiger partial charge is 0.257 e. The fraction of sp³-hybridized carbons (Fsp3) is 0.438. The van der Waals surface area contributed by atoms with Gasteiger partial charge in [0.25, 0.3) is 5.91 Å². The lowest BCUT2D eigenvalue weighted by Crippen LogP contribution is -2.29. The van der Waals surface area contributed by atoms with Crippen LogP contribution in [0.3, 0.4) is 0 Å². The van der Waals surface area contributed by atoms with Crippen molar-refractivity contribution >= 4 is 5.91 Å². The highest BCUT2D eigenvalue weighted by Gasteiger charge is 2.30. The second-order valence-electron chi connectivity index (χ2n) is 5.77. The minimum Gasteiger partial charge on any atom is -0.338 e. The van der Waals surface area contributed by atoms with Crippen molar-refractivity contribution in [3.63, 3.8) is 0 Å². The summed E-state index contributed by atoms with van der Waals surface area (Å²) >= 11 is 0. The zero-order valence-electron chi connectivity index (χ0n) is 13.1. The lowest BCUT2D eigenvalue weighted by Gasteiger charge is -2.17. The maximum absolute atomic E-state index is 12.6. The van der Waals surface area contributed by atoms with Gasteiger partial charge in [-0.15, -0.1) is 0 Å². The highest BCUT2D eigenvalue weighted by molar-refractivity contribution is 5.95. The molecule has 1 aliphatic heterocycles. The van der Waals surface area contributed by atoms with E-state index in [0.717, 1.165) is 23.6 Å². The highest BCUT2D eigenvalue weighted by Crippen LogP contribution is 2.26. The van der Waals surface area contributed by atoms with Crippen LogP contribution in [0.1, 0.15) is 45.6 Å². The number of aromatic nitrogens is 4. The quantitative estimate of drug-likeness (QED) is 0.845. The van der Waals surface area contributed by atoms with Crippen LogP contribution < -0.4 is 0 Å². The van der Waals surface area contributed by atoms with Gasteiger partial charge in [0.05, 0.1) is 11.3 Å². The molecule has 0 N–H and O–H groups in total. The monoisotopic (exact) mass is 297 g/mol.